The van der Waals surface area contributed by atoms with E-state index in [9.17, 15) is 9.59 Å². The van der Waals surface area contributed by atoms with Crippen molar-refractivity contribution in [1.29, 1.82) is 0 Å². The van der Waals surface area contributed by atoms with Gasteiger partial charge >= 0.3 is 0 Å². The molecule has 1 amide bonds. The van der Waals surface area contributed by atoms with Gasteiger partial charge in [0.15, 0.2) is 5.78 Å². The Labute approximate surface area is 143 Å². The fraction of sp³-hybridized carbons (Fsp3) is 0.353. The number of thioether (sulfide) groups is 1. The van der Waals surface area contributed by atoms with Gasteiger partial charge in [-0.25, -0.2) is 0 Å². The summed E-state index contributed by atoms with van der Waals surface area (Å²) in [7, 11) is 0. The first kappa shape index (κ1) is 16.2. The maximum absolute atomic E-state index is 12.9. The molecular weight excluding hydrogens is 328 g/mol. The summed E-state index contributed by atoms with van der Waals surface area (Å²) in [5, 5.41) is 3.50. The highest BCUT2D eigenvalue weighted by Gasteiger charge is 2.28. The number of nitrogens with one attached hydrogen (secondary N) is 1. The second-order valence-corrected chi connectivity index (χ2v) is 7.78. The molecule has 0 bridgehead atoms. The summed E-state index contributed by atoms with van der Waals surface area (Å²) in [4.78, 5) is 30.4. The van der Waals surface area contributed by atoms with Crippen LogP contribution in [0.4, 0.5) is 5.00 Å². The van der Waals surface area contributed by atoms with Gasteiger partial charge in [0.1, 0.15) is 5.00 Å². The lowest BCUT2D eigenvalue weighted by atomic mass is 10.0. The lowest BCUT2D eigenvalue weighted by Crippen LogP contribution is -2.22. The quantitative estimate of drug-likeness (QED) is 0.841. The Bertz CT molecular complexity index is 741. The molecule has 2 aromatic rings. The summed E-state index contributed by atoms with van der Waals surface area (Å²) in [6.07, 6.45) is 8.10. The van der Waals surface area contributed by atoms with Gasteiger partial charge in [-0.3, -0.25) is 14.6 Å². The molecule has 2 aromatic heterocycles. The number of amides is 1. The number of anilines is 1. The molecule has 0 saturated carbocycles. The van der Waals surface area contributed by atoms with Crippen LogP contribution in [0.15, 0.2) is 24.5 Å². The highest BCUT2D eigenvalue weighted by molar-refractivity contribution is 7.99. The van der Waals surface area contributed by atoms with Gasteiger partial charge in [-0.2, -0.15) is 11.8 Å². The van der Waals surface area contributed by atoms with Crippen molar-refractivity contribution in [2.75, 3.05) is 11.6 Å². The van der Waals surface area contributed by atoms with E-state index in [1.807, 2.05) is 13.2 Å². The average Bonchev–Trinajstić information content (AvgIpc) is 3.14. The average molecular weight is 346 g/mol. The van der Waals surface area contributed by atoms with Crippen molar-refractivity contribution < 1.29 is 9.59 Å². The first-order chi connectivity index (χ1) is 11.1. The summed E-state index contributed by atoms with van der Waals surface area (Å²) >= 11 is 3.04. The second kappa shape index (κ2) is 6.84. The minimum atomic E-state index is -0.145. The maximum atomic E-state index is 12.9. The maximum Gasteiger partial charge on any atom is 0.237 e. The van der Waals surface area contributed by atoms with Gasteiger partial charge in [-0.05, 0) is 50.1 Å². The van der Waals surface area contributed by atoms with Gasteiger partial charge in [0, 0.05) is 22.8 Å². The van der Waals surface area contributed by atoms with Crippen molar-refractivity contribution in [3.05, 3.63) is 46.1 Å². The predicted molar refractivity (Wildman–Crippen MR) is 95.6 cm³/mol. The van der Waals surface area contributed by atoms with Crippen molar-refractivity contribution in [2.24, 2.45) is 0 Å². The molecule has 0 saturated heterocycles. The zero-order valence-corrected chi connectivity index (χ0v) is 14.7. The van der Waals surface area contributed by atoms with E-state index >= 15 is 0 Å². The Morgan fingerprint density at radius 1 is 1.39 bits per heavy atom. The number of nitrogens with zero attached hydrogens (tertiary/aromatic N) is 1. The predicted octanol–water partition coefficient (Wildman–Crippen LogP) is 3.55. The SMILES string of the molecule is CSC(C)C(=O)Nc1sc2c(c1C(=O)c1cccnc1)CCC2. The van der Waals surface area contributed by atoms with Crippen LogP contribution < -0.4 is 5.32 Å². The highest BCUT2D eigenvalue weighted by Crippen LogP contribution is 2.40. The number of pyridine rings is 1. The van der Waals surface area contributed by atoms with Crippen molar-refractivity contribution in [2.45, 2.75) is 31.4 Å². The third-order valence-electron chi connectivity index (χ3n) is 4.03. The number of ketones is 1. The minimum Gasteiger partial charge on any atom is -0.316 e. The minimum absolute atomic E-state index is 0.0513. The Hall–Kier alpha value is -1.66. The number of carbonyl (C=O) groups is 2. The standard InChI is InChI=1S/C17H18N2O2S2/c1-10(22-2)16(21)19-17-14(12-6-3-7-13(12)23-17)15(20)11-5-4-8-18-9-11/h4-5,8-10H,3,6-7H2,1-2H3,(H,19,21). The zero-order valence-electron chi connectivity index (χ0n) is 13.1. The number of aryl methyl sites for hydroxylation is 1. The molecule has 1 aliphatic carbocycles. The molecule has 3 rings (SSSR count). The molecule has 23 heavy (non-hydrogen) atoms. The molecule has 120 valence electrons. The summed E-state index contributed by atoms with van der Waals surface area (Å²) in [6, 6.07) is 3.53. The number of aromatic nitrogens is 1. The number of fused-ring (bicyclic) bond motifs is 1. The van der Waals surface area contributed by atoms with Crippen molar-refractivity contribution in [3.63, 3.8) is 0 Å². The molecule has 1 N–H and O–H groups in total. The van der Waals surface area contributed by atoms with Crippen LogP contribution in [0.1, 0.15) is 39.7 Å². The van der Waals surface area contributed by atoms with Crippen molar-refractivity contribution in [3.8, 4) is 0 Å². The normalized spacial score (nSPS) is 14.3. The van der Waals surface area contributed by atoms with Gasteiger partial charge in [-0.1, -0.05) is 0 Å². The fourth-order valence-corrected chi connectivity index (χ4v) is 4.26. The van der Waals surface area contributed by atoms with Gasteiger partial charge in [0.2, 0.25) is 5.91 Å². The van der Waals surface area contributed by atoms with E-state index in [0.29, 0.717) is 16.1 Å². The molecule has 0 fully saturated rings. The number of thiophene rings is 1. The zero-order chi connectivity index (χ0) is 16.4. The van der Waals surface area contributed by atoms with E-state index in [4.69, 9.17) is 0 Å². The van der Waals surface area contributed by atoms with Gasteiger partial charge in [0.05, 0.1) is 10.8 Å². The molecule has 1 atom stereocenters. The molecule has 4 nitrogen and oxygen atoms in total. The molecule has 1 aliphatic rings. The van der Waals surface area contributed by atoms with Crippen LogP contribution in [0, 0.1) is 0 Å². The molecule has 2 heterocycles. The Kier molecular flexibility index (Phi) is 4.82. The van der Waals surface area contributed by atoms with Crippen molar-refractivity contribution in [1.82, 2.24) is 4.98 Å². The van der Waals surface area contributed by atoms with E-state index < -0.39 is 0 Å². The van der Waals surface area contributed by atoms with Crippen LogP contribution in [0.2, 0.25) is 0 Å². The van der Waals surface area contributed by atoms with E-state index in [1.165, 1.54) is 16.6 Å². The monoisotopic (exact) mass is 346 g/mol. The third-order valence-corrected chi connectivity index (χ3v) is 6.16. The Balaban J connectivity index is 1.98. The topological polar surface area (TPSA) is 59.1 Å². The molecule has 1 unspecified atom stereocenters. The summed E-state index contributed by atoms with van der Waals surface area (Å²) < 4.78 is 0. The van der Waals surface area contributed by atoms with Crippen LogP contribution in [-0.4, -0.2) is 28.2 Å². The highest BCUT2D eigenvalue weighted by atomic mass is 32.2. The number of rotatable bonds is 5. The van der Waals surface area contributed by atoms with E-state index in [-0.39, 0.29) is 16.9 Å². The van der Waals surface area contributed by atoms with Crippen LogP contribution in [0.25, 0.3) is 0 Å². The lowest BCUT2D eigenvalue weighted by molar-refractivity contribution is -0.115. The Morgan fingerprint density at radius 2 is 2.22 bits per heavy atom. The number of carbonyl (C=O) groups excluding carboxylic acids is 2. The van der Waals surface area contributed by atoms with Gasteiger partial charge < -0.3 is 5.32 Å². The molecule has 0 spiro atoms. The summed E-state index contributed by atoms with van der Waals surface area (Å²) in [5.74, 6) is -0.109. The molecule has 6 heteroatoms. The van der Waals surface area contributed by atoms with E-state index in [1.54, 1.807) is 35.9 Å². The first-order valence-corrected chi connectivity index (χ1v) is 9.65. The van der Waals surface area contributed by atoms with Crippen LogP contribution in [-0.2, 0) is 17.6 Å². The largest absolute Gasteiger partial charge is 0.316 e. The van der Waals surface area contributed by atoms with Crippen LogP contribution >= 0.6 is 23.1 Å². The molecular formula is C17H18N2O2S2. The third kappa shape index (κ3) is 3.19. The van der Waals surface area contributed by atoms with E-state index in [0.717, 1.165) is 24.8 Å². The second-order valence-electron chi connectivity index (χ2n) is 5.50. The van der Waals surface area contributed by atoms with Crippen molar-refractivity contribution >= 4 is 39.8 Å². The van der Waals surface area contributed by atoms with Gasteiger partial charge in [0.25, 0.3) is 0 Å². The summed E-state index contributed by atoms with van der Waals surface area (Å²) in [6.45, 7) is 1.86. The molecule has 0 aliphatic heterocycles. The lowest BCUT2D eigenvalue weighted by Gasteiger charge is -2.11. The van der Waals surface area contributed by atoms with Crippen LogP contribution in [0.5, 0.6) is 0 Å². The number of hydrogen-bond acceptors (Lipinski definition) is 5. The summed E-state index contributed by atoms with van der Waals surface area (Å²) in [5.41, 5.74) is 2.33. The smallest absolute Gasteiger partial charge is 0.237 e. The van der Waals surface area contributed by atoms with Crippen LogP contribution in [0.3, 0.4) is 0 Å². The van der Waals surface area contributed by atoms with Gasteiger partial charge in [-0.15, -0.1) is 11.3 Å². The first-order valence-electron chi connectivity index (χ1n) is 7.54. The molecule has 0 aromatic carbocycles. The Morgan fingerprint density at radius 3 is 2.91 bits per heavy atom. The van der Waals surface area contributed by atoms with E-state index in [2.05, 4.69) is 10.3 Å². The molecule has 0 radical (unpaired) electrons. The fourth-order valence-electron chi connectivity index (χ4n) is 2.69. The number of hydrogen-bond donors (Lipinski definition) is 1.